The van der Waals surface area contributed by atoms with Crippen LogP contribution in [0.1, 0.15) is 11.1 Å². The Hall–Kier alpha value is -2.00. The number of rotatable bonds is 4. The van der Waals surface area contributed by atoms with Crippen molar-refractivity contribution in [1.29, 1.82) is 0 Å². The summed E-state index contributed by atoms with van der Waals surface area (Å²) in [4.78, 5) is 2.39. The van der Waals surface area contributed by atoms with Gasteiger partial charge in [-0.25, -0.2) is 0 Å². The number of anilines is 2. The quantitative estimate of drug-likeness (QED) is 0.929. The molecule has 2 aromatic carbocycles. The summed E-state index contributed by atoms with van der Waals surface area (Å²) in [5.74, 6) is 0. The van der Waals surface area contributed by atoms with Gasteiger partial charge < -0.3 is 15.0 Å². The van der Waals surface area contributed by atoms with Crippen LogP contribution < -0.4 is 10.2 Å². The van der Waals surface area contributed by atoms with Crippen LogP contribution in [0.3, 0.4) is 0 Å². The predicted molar refractivity (Wildman–Crippen MR) is 88.0 cm³/mol. The van der Waals surface area contributed by atoms with Crippen LogP contribution in [-0.2, 0) is 11.3 Å². The van der Waals surface area contributed by atoms with Gasteiger partial charge in [-0.3, -0.25) is 0 Å². The zero-order valence-electron chi connectivity index (χ0n) is 12.5. The molecular formula is C18H22N2O. The van der Waals surface area contributed by atoms with Gasteiger partial charge >= 0.3 is 0 Å². The largest absolute Gasteiger partial charge is 0.381 e. The second kappa shape index (κ2) is 6.64. The van der Waals surface area contributed by atoms with Gasteiger partial charge in [0.2, 0.25) is 0 Å². The second-order valence-electron chi connectivity index (χ2n) is 5.44. The molecule has 1 heterocycles. The molecule has 1 saturated heterocycles. The summed E-state index contributed by atoms with van der Waals surface area (Å²) >= 11 is 0. The first-order chi connectivity index (χ1) is 10.3. The fourth-order valence-electron chi connectivity index (χ4n) is 2.66. The Labute approximate surface area is 126 Å². The first-order valence-electron chi connectivity index (χ1n) is 7.54. The highest BCUT2D eigenvalue weighted by Crippen LogP contribution is 2.23. The SMILES string of the molecule is Cc1cc(N2CCOCC2)ccc1NCc1ccccc1. The fourth-order valence-corrected chi connectivity index (χ4v) is 2.66. The average Bonchev–Trinajstić information content (AvgIpc) is 2.55. The molecule has 0 aromatic heterocycles. The standard InChI is InChI=1S/C18H22N2O/c1-15-13-17(20-9-11-21-12-10-20)7-8-18(15)19-14-16-5-3-2-4-6-16/h2-8,13,19H,9-12,14H2,1H3. The van der Waals surface area contributed by atoms with Crippen LogP contribution in [0.15, 0.2) is 48.5 Å². The smallest absolute Gasteiger partial charge is 0.0642 e. The van der Waals surface area contributed by atoms with Crippen molar-refractivity contribution in [3.63, 3.8) is 0 Å². The van der Waals surface area contributed by atoms with Crippen molar-refractivity contribution in [2.24, 2.45) is 0 Å². The van der Waals surface area contributed by atoms with Gasteiger partial charge in [-0.05, 0) is 36.2 Å². The van der Waals surface area contributed by atoms with Crippen molar-refractivity contribution < 1.29 is 4.74 Å². The molecule has 0 unspecified atom stereocenters. The van der Waals surface area contributed by atoms with E-state index in [1.165, 1.54) is 22.5 Å². The summed E-state index contributed by atoms with van der Waals surface area (Å²) in [6.07, 6.45) is 0. The maximum Gasteiger partial charge on any atom is 0.0642 e. The van der Waals surface area contributed by atoms with Crippen molar-refractivity contribution in [3.8, 4) is 0 Å². The number of nitrogens with one attached hydrogen (secondary N) is 1. The number of ether oxygens (including phenoxy) is 1. The molecule has 3 nitrogen and oxygen atoms in total. The minimum Gasteiger partial charge on any atom is -0.381 e. The minimum atomic E-state index is 0.826. The molecule has 1 aliphatic heterocycles. The molecular weight excluding hydrogens is 260 g/mol. The molecule has 2 aromatic rings. The van der Waals surface area contributed by atoms with E-state index in [4.69, 9.17) is 4.74 Å². The van der Waals surface area contributed by atoms with Gasteiger partial charge in [-0.2, -0.15) is 0 Å². The van der Waals surface area contributed by atoms with E-state index >= 15 is 0 Å². The minimum absolute atomic E-state index is 0.826. The number of hydrogen-bond donors (Lipinski definition) is 1. The lowest BCUT2D eigenvalue weighted by Crippen LogP contribution is -2.36. The second-order valence-corrected chi connectivity index (χ2v) is 5.44. The van der Waals surface area contributed by atoms with Crippen LogP contribution in [0.25, 0.3) is 0 Å². The van der Waals surface area contributed by atoms with Gasteiger partial charge in [0, 0.05) is 31.0 Å². The number of morpholine rings is 1. The van der Waals surface area contributed by atoms with E-state index in [-0.39, 0.29) is 0 Å². The summed E-state index contributed by atoms with van der Waals surface area (Å²) in [5.41, 5.74) is 5.08. The van der Waals surface area contributed by atoms with Gasteiger partial charge in [0.05, 0.1) is 13.2 Å². The molecule has 21 heavy (non-hydrogen) atoms. The molecule has 0 aliphatic carbocycles. The van der Waals surface area contributed by atoms with E-state index in [1.807, 2.05) is 6.07 Å². The number of aryl methyl sites for hydroxylation is 1. The zero-order valence-corrected chi connectivity index (χ0v) is 12.5. The van der Waals surface area contributed by atoms with Gasteiger partial charge in [-0.1, -0.05) is 30.3 Å². The van der Waals surface area contributed by atoms with Crippen molar-refractivity contribution in [2.45, 2.75) is 13.5 Å². The third-order valence-corrected chi connectivity index (χ3v) is 3.91. The highest BCUT2D eigenvalue weighted by molar-refractivity contribution is 5.60. The topological polar surface area (TPSA) is 24.5 Å². The predicted octanol–water partition coefficient (Wildman–Crippen LogP) is 3.44. The van der Waals surface area contributed by atoms with Crippen LogP contribution >= 0.6 is 0 Å². The third kappa shape index (κ3) is 3.56. The van der Waals surface area contributed by atoms with E-state index in [2.05, 4.69) is 59.6 Å². The average molecular weight is 282 g/mol. The van der Waals surface area contributed by atoms with Gasteiger partial charge in [0.25, 0.3) is 0 Å². The molecule has 0 atom stereocenters. The van der Waals surface area contributed by atoms with Crippen molar-refractivity contribution in [3.05, 3.63) is 59.7 Å². The summed E-state index contributed by atoms with van der Waals surface area (Å²) in [5, 5.41) is 3.52. The van der Waals surface area contributed by atoms with Gasteiger partial charge in [0.15, 0.2) is 0 Å². The molecule has 3 heteroatoms. The van der Waals surface area contributed by atoms with Crippen LogP contribution in [0, 0.1) is 6.92 Å². The number of nitrogens with zero attached hydrogens (tertiary/aromatic N) is 1. The van der Waals surface area contributed by atoms with E-state index in [9.17, 15) is 0 Å². The fraction of sp³-hybridized carbons (Fsp3) is 0.333. The highest BCUT2D eigenvalue weighted by atomic mass is 16.5. The van der Waals surface area contributed by atoms with Crippen LogP contribution in [-0.4, -0.2) is 26.3 Å². The molecule has 0 amide bonds. The summed E-state index contributed by atoms with van der Waals surface area (Å²) < 4.78 is 5.41. The van der Waals surface area contributed by atoms with Gasteiger partial charge in [-0.15, -0.1) is 0 Å². The highest BCUT2D eigenvalue weighted by Gasteiger charge is 2.11. The molecule has 0 saturated carbocycles. The van der Waals surface area contributed by atoms with Crippen molar-refractivity contribution in [1.82, 2.24) is 0 Å². The maximum absolute atomic E-state index is 5.41. The Balaban J connectivity index is 1.66. The normalized spacial score (nSPS) is 15.0. The maximum atomic E-state index is 5.41. The molecule has 110 valence electrons. The molecule has 0 spiro atoms. The van der Waals surface area contributed by atoms with E-state index < -0.39 is 0 Å². The first kappa shape index (κ1) is 14.0. The zero-order chi connectivity index (χ0) is 14.5. The third-order valence-electron chi connectivity index (χ3n) is 3.91. The Morgan fingerprint density at radius 1 is 1.05 bits per heavy atom. The van der Waals surface area contributed by atoms with Crippen LogP contribution in [0.4, 0.5) is 11.4 Å². The summed E-state index contributed by atoms with van der Waals surface area (Å²) in [6.45, 7) is 6.64. The molecule has 1 fully saturated rings. The van der Waals surface area contributed by atoms with Crippen LogP contribution in [0.2, 0.25) is 0 Å². The lowest BCUT2D eigenvalue weighted by Gasteiger charge is -2.29. The number of benzene rings is 2. The monoisotopic (exact) mass is 282 g/mol. The Morgan fingerprint density at radius 2 is 1.81 bits per heavy atom. The van der Waals surface area contributed by atoms with E-state index in [1.54, 1.807) is 0 Å². The van der Waals surface area contributed by atoms with Crippen molar-refractivity contribution in [2.75, 3.05) is 36.5 Å². The van der Waals surface area contributed by atoms with Gasteiger partial charge in [0.1, 0.15) is 0 Å². The lowest BCUT2D eigenvalue weighted by molar-refractivity contribution is 0.122. The first-order valence-corrected chi connectivity index (χ1v) is 7.54. The van der Waals surface area contributed by atoms with Crippen LogP contribution in [0.5, 0.6) is 0 Å². The summed E-state index contributed by atoms with van der Waals surface area (Å²) in [6, 6.07) is 17.1. The lowest BCUT2D eigenvalue weighted by atomic mass is 10.1. The Kier molecular flexibility index (Phi) is 4.41. The Bertz CT molecular complexity index is 577. The summed E-state index contributed by atoms with van der Waals surface area (Å²) in [7, 11) is 0. The van der Waals surface area contributed by atoms with E-state index in [0.717, 1.165) is 32.8 Å². The molecule has 0 bridgehead atoms. The molecule has 0 radical (unpaired) electrons. The number of hydrogen-bond acceptors (Lipinski definition) is 3. The van der Waals surface area contributed by atoms with Crippen molar-refractivity contribution >= 4 is 11.4 Å². The molecule has 1 N–H and O–H groups in total. The molecule has 3 rings (SSSR count). The van der Waals surface area contributed by atoms with E-state index in [0.29, 0.717) is 0 Å². The Morgan fingerprint density at radius 3 is 2.52 bits per heavy atom. The molecule has 1 aliphatic rings.